The molecule has 0 aliphatic heterocycles. The first kappa shape index (κ1) is 12.3. The Balaban J connectivity index is 1.86. The summed E-state index contributed by atoms with van der Waals surface area (Å²) < 4.78 is 25.9. The number of nitrogens with one attached hydrogen (secondary N) is 2. The molecular formula is C12H10F2N6. The number of anilines is 2. The third-order valence-electron chi connectivity index (χ3n) is 2.75. The van der Waals surface area contributed by atoms with Crippen LogP contribution >= 0.6 is 0 Å². The first-order valence-electron chi connectivity index (χ1n) is 5.78. The quantitative estimate of drug-likeness (QED) is 0.678. The maximum Gasteiger partial charge on any atom is 0.224 e. The first-order valence-corrected chi connectivity index (χ1v) is 5.78. The number of H-pyrrole nitrogens is 1. The van der Waals surface area contributed by atoms with Crippen LogP contribution in [0, 0.1) is 11.6 Å². The highest BCUT2D eigenvalue weighted by atomic mass is 19.2. The topological polar surface area (TPSA) is 92.5 Å². The van der Waals surface area contributed by atoms with Gasteiger partial charge in [0, 0.05) is 6.54 Å². The molecule has 0 amide bonds. The van der Waals surface area contributed by atoms with E-state index in [0.717, 1.165) is 12.1 Å². The molecule has 0 radical (unpaired) electrons. The Kier molecular flexibility index (Phi) is 2.90. The number of benzene rings is 1. The van der Waals surface area contributed by atoms with Crippen molar-refractivity contribution in [2.75, 3.05) is 11.1 Å². The number of hydrogen-bond donors (Lipinski definition) is 3. The largest absolute Gasteiger partial charge is 0.368 e. The molecule has 0 bridgehead atoms. The molecule has 4 N–H and O–H groups in total. The van der Waals surface area contributed by atoms with E-state index in [1.54, 1.807) is 0 Å². The number of nitrogen functional groups attached to an aromatic ring is 1. The molecule has 0 unspecified atom stereocenters. The van der Waals surface area contributed by atoms with Crippen LogP contribution in [0.3, 0.4) is 0 Å². The van der Waals surface area contributed by atoms with E-state index < -0.39 is 11.6 Å². The second-order valence-corrected chi connectivity index (χ2v) is 4.13. The molecule has 0 saturated carbocycles. The summed E-state index contributed by atoms with van der Waals surface area (Å²) in [6.07, 6.45) is 1.47. The van der Waals surface area contributed by atoms with Gasteiger partial charge in [0.1, 0.15) is 5.52 Å². The minimum Gasteiger partial charge on any atom is -0.368 e. The van der Waals surface area contributed by atoms with Gasteiger partial charge in [0.25, 0.3) is 0 Å². The highest BCUT2D eigenvalue weighted by Crippen LogP contribution is 2.18. The van der Waals surface area contributed by atoms with Crippen molar-refractivity contribution in [2.24, 2.45) is 0 Å². The van der Waals surface area contributed by atoms with Crippen molar-refractivity contribution in [1.29, 1.82) is 0 Å². The average Bonchev–Trinajstić information content (AvgIpc) is 2.88. The summed E-state index contributed by atoms with van der Waals surface area (Å²) in [5, 5.41) is 2.99. The molecule has 102 valence electrons. The van der Waals surface area contributed by atoms with Crippen LogP contribution in [0.4, 0.5) is 20.5 Å². The first-order chi connectivity index (χ1) is 9.63. The smallest absolute Gasteiger partial charge is 0.224 e. The molecule has 1 aromatic carbocycles. The summed E-state index contributed by atoms with van der Waals surface area (Å²) in [7, 11) is 0. The molecule has 0 saturated heterocycles. The Morgan fingerprint density at radius 1 is 1.20 bits per heavy atom. The molecular weight excluding hydrogens is 266 g/mol. The Hall–Kier alpha value is -2.77. The van der Waals surface area contributed by atoms with Gasteiger partial charge >= 0.3 is 0 Å². The van der Waals surface area contributed by atoms with Gasteiger partial charge < -0.3 is 16.0 Å². The zero-order valence-corrected chi connectivity index (χ0v) is 10.2. The fraction of sp³-hybridized carbons (Fsp3) is 0.0833. The van der Waals surface area contributed by atoms with Crippen LogP contribution in [0.1, 0.15) is 5.56 Å². The summed E-state index contributed by atoms with van der Waals surface area (Å²) >= 11 is 0. The highest BCUT2D eigenvalue weighted by Gasteiger charge is 2.09. The predicted molar refractivity (Wildman–Crippen MR) is 69.8 cm³/mol. The van der Waals surface area contributed by atoms with E-state index in [1.165, 1.54) is 12.4 Å². The molecule has 3 rings (SSSR count). The third-order valence-corrected chi connectivity index (χ3v) is 2.75. The van der Waals surface area contributed by atoms with Crippen molar-refractivity contribution in [3.63, 3.8) is 0 Å². The van der Waals surface area contributed by atoms with Crippen LogP contribution in [-0.2, 0) is 6.54 Å². The number of rotatable bonds is 3. The van der Waals surface area contributed by atoms with Crippen molar-refractivity contribution in [1.82, 2.24) is 19.9 Å². The number of imidazole rings is 1. The number of halogens is 2. The van der Waals surface area contributed by atoms with E-state index in [9.17, 15) is 8.78 Å². The van der Waals surface area contributed by atoms with Crippen LogP contribution in [0.5, 0.6) is 0 Å². The van der Waals surface area contributed by atoms with Crippen LogP contribution in [0.25, 0.3) is 11.2 Å². The fourth-order valence-electron chi connectivity index (χ4n) is 1.81. The van der Waals surface area contributed by atoms with Crippen LogP contribution in [-0.4, -0.2) is 19.9 Å². The lowest BCUT2D eigenvalue weighted by Gasteiger charge is -2.07. The molecule has 8 heteroatoms. The summed E-state index contributed by atoms with van der Waals surface area (Å²) in [4.78, 5) is 14.9. The zero-order valence-electron chi connectivity index (χ0n) is 10.2. The van der Waals surface area contributed by atoms with Crippen molar-refractivity contribution >= 4 is 22.9 Å². The zero-order chi connectivity index (χ0) is 14.1. The Morgan fingerprint density at radius 3 is 2.85 bits per heavy atom. The Labute approximate surface area is 112 Å². The van der Waals surface area contributed by atoms with E-state index in [-0.39, 0.29) is 12.5 Å². The standard InChI is InChI=1S/C12H10F2N6/c13-7-2-1-6(3-8(7)14)4-16-10-9-11(18-5-17-9)20-12(15)19-10/h1-3,5H,4H2,(H4,15,16,17,18,19,20). The van der Waals surface area contributed by atoms with Crippen LogP contribution < -0.4 is 11.1 Å². The number of aromatic nitrogens is 4. The van der Waals surface area contributed by atoms with E-state index in [1.807, 2.05) is 0 Å². The van der Waals surface area contributed by atoms with Gasteiger partial charge in [-0.25, -0.2) is 13.8 Å². The van der Waals surface area contributed by atoms with Crippen molar-refractivity contribution in [2.45, 2.75) is 6.54 Å². The second-order valence-electron chi connectivity index (χ2n) is 4.13. The predicted octanol–water partition coefficient (Wildman–Crippen LogP) is 1.83. The van der Waals surface area contributed by atoms with Gasteiger partial charge in [-0.2, -0.15) is 9.97 Å². The van der Waals surface area contributed by atoms with Crippen LogP contribution in [0.15, 0.2) is 24.5 Å². The van der Waals surface area contributed by atoms with Gasteiger partial charge in [0.2, 0.25) is 5.95 Å². The molecule has 0 spiro atoms. The lowest BCUT2D eigenvalue weighted by atomic mass is 10.2. The summed E-state index contributed by atoms with van der Waals surface area (Å²) in [5.74, 6) is -1.23. The van der Waals surface area contributed by atoms with Crippen LogP contribution in [0.2, 0.25) is 0 Å². The molecule has 0 aliphatic rings. The van der Waals surface area contributed by atoms with Gasteiger partial charge in [-0.3, -0.25) is 0 Å². The Bertz CT molecular complexity index is 770. The molecule has 2 aromatic heterocycles. The normalized spacial score (nSPS) is 10.9. The van der Waals surface area contributed by atoms with Gasteiger partial charge in [-0.05, 0) is 17.7 Å². The van der Waals surface area contributed by atoms with Crippen molar-refractivity contribution < 1.29 is 8.78 Å². The maximum atomic E-state index is 13.1. The molecule has 6 nitrogen and oxygen atoms in total. The van der Waals surface area contributed by atoms with E-state index in [4.69, 9.17) is 5.73 Å². The summed E-state index contributed by atoms with van der Waals surface area (Å²) in [6, 6.07) is 3.68. The maximum absolute atomic E-state index is 13.1. The minimum absolute atomic E-state index is 0.0809. The highest BCUT2D eigenvalue weighted by molar-refractivity contribution is 5.83. The number of nitrogens with zero attached hydrogens (tertiary/aromatic N) is 3. The Morgan fingerprint density at radius 2 is 2.05 bits per heavy atom. The molecule has 0 aliphatic carbocycles. The van der Waals surface area contributed by atoms with Gasteiger partial charge in [-0.1, -0.05) is 6.07 Å². The number of fused-ring (bicyclic) bond motifs is 1. The number of aromatic amines is 1. The van der Waals surface area contributed by atoms with Crippen molar-refractivity contribution in [3.05, 3.63) is 41.7 Å². The lowest BCUT2D eigenvalue weighted by molar-refractivity contribution is 0.507. The summed E-state index contributed by atoms with van der Waals surface area (Å²) in [5.41, 5.74) is 7.18. The SMILES string of the molecule is Nc1nc(NCc2ccc(F)c(F)c2)c2[nH]cnc2n1. The van der Waals surface area contributed by atoms with E-state index in [2.05, 4.69) is 25.3 Å². The van der Waals surface area contributed by atoms with E-state index in [0.29, 0.717) is 22.5 Å². The second kappa shape index (κ2) is 4.72. The monoisotopic (exact) mass is 276 g/mol. The summed E-state index contributed by atoms with van der Waals surface area (Å²) in [6.45, 7) is 0.266. The minimum atomic E-state index is -0.891. The lowest BCUT2D eigenvalue weighted by Crippen LogP contribution is -2.05. The fourth-order valence-corrected chi connectivity index (χ4v) is 1.81. The third kappa shape index (κ3) is 2.22. The van der Waals surface area contributed by atoms with Gasteiger partial charge in [0.15, 0.2) is 23.1 Å². The molecule has 2 heterocycles. The number of hydrogen-bond acceptors (Lipinski definition) is 5. The number of nitrogens with two attached hydrogens (primary N) is 1. The average molecular weight is 276 g/mol. The van der Waals surface area contributed by atoms with Crippen molar-refractivity contribution in [3.8, 4) is 0 Å². The molecule has 3 aromatic rings. The van der Waals surface area contributed by atoms with Gasteiger partial charge in [-0.15, -0.1) is 0 Å². The molecule has 20 heavy (non-hydrogen) atoms. The van der Waals surface area contributed by atoms with Gasteiger partial charge in [0.05, 0.1) is 6.33 Å². The molecule has 0 atom stereocenters. The molecule has 0 fully saturated rings. The van der Waals surface area contributed by atoms with E-state index >= 15 is 0 Å².